The number of piperazine rings is 1. The zero-order valence-corrected chi connectivity index (χ0v) is 16.3. The Bertz CT molecular complexity index is 860. The van der Waals surface area contributed by atoms with E-state index in [0.29, 0.717) is 31.2 Å². The number of rotatable bonds is 5. The second-order valence-electron chi connectivity index (χ2n) is 6.53. The van der Waals surface area contributed by atoms with Gasteiger partial charge in [-0.3, -0.25) is 9.69 Å². The molecule has 0 saturated carbocycles. The normalized spacial score (nSPS) is 16.3. The standard InChI is InChI=1S/C20H19F3N4OS/c21-20(22,23)16-6-7-18(25-13-16)29-14-19(28)27-10-8-26(9-11-27)17(12-24)15-4-2-1-3-5-15/h1-7,13,17H,8-11,14H2. The second-order valence-corrected chi connectivity index (χ2v) is 7.53. The van der Waals surface area contributed by atoms with Gasteiger partial charge in [0.1, 0.15) is 6.04 Å². The molecule has 1 fully saturated rings. The molecule has 1 saturated heterocycles. The molecule has 5 nitrogen and oxygen atoms in total. The van der Waals surface area contributed by atoms with Gasteiger partial charge in [-0.25, -0.2) is 4.98 Å². The van der Waals surface area contributed by atoms with Gasteiger partial charge in [0, 0.05) is 32.4 Å². The first-order chi connectivity index (χ1) is 13.9. The Kier molecular flexibility index (Phi) is 6.77. The van der Waals surface area contributed by atoms with Crippen molar-refractivity contribution in [2.75, 3.05) is 31.9 Å². The molecular formula is C20H19F3N4OS. The van der Waals surface area contributed by atoms with Crippen LogP contribution in [-0.4, -0.2) is 52.6 Å². The number of halogens is 3. The molecule has 1 amide bonds. The first kappa shape index (κ1) is 21.1. The lowest BCUT2D eigenvalue weighted by Gasteiger charge is -2.37. The number of carbonyl (C=O) groups excluding carboxylic acids is 1. The van der Waals surface area contributed by atoms with E-state index >= 15 is 0 Å². The molecule has 1 aromatic carbocycles. The lowest BCUT2D eigenvalue weighted by atomic mass is 10.1. The summed E-state index contributed by atoms with van der Waals surface area (Å²) in [6, 6.07) is 13.7. The van der Waals surface area contributed by atoms with Crippen LogP contribution < -0.4 is 0 Å². The summed E-state index contributed by atoms with van der Waals surface area (Å²) in [5, 5.41) is 9.91. The van der Waals surface area contributed by atoms with Crippen LogP contribution in [0.2, 0.25) is 0 Å². The van der Waals surface area contributed by atoms with E-state index < -0.39 is 11.7 Å². The summed E-state index contributed by atoms with van der Waals surface area (Å²) < 4.78 is 37.7. The van der Waals surface area contributed by atoms with E-state index in [0.717, 1.165) is 29.6 Å². The largest absolute Gasteiger partial charge is 0.417 e. The lowest BCUT2D eigenvalue weighted by molar-refractivity contribution is -0.138. The van der Waals surface area contributed by atoms with Crippen LogP contribution >= 0.6 is 11.8 Å². The van der Waals surface area contributed by atoms with Gasteiger partial charge in [-0.2, -0.15) is 18.4 Å². The number of amides is 1. The fraction of sp³-hybridized carbons (Fsp3) is 0.350. The average molecular weight is 420 g/mol. The molecule has 1 aromatic heterocycles. The fourth-order valence-corrected chi connectivity index (χ4v) is 3.84. The average Bonchev–Trinajstić information content (AvgIpc) is 2.73. The van der Waals surface area contributed by atoms with Gasteiger partial charge >= 0.3 is 6.18 Å². The van der Waals surface area contributed by atoms with Crippen LogP contribution in [0, 0.1) is 11.3 Å². The van der Waals surface area contributed by atoms with Crippen molar-refractivity contribution in [2.24, 2.45) is 0 Å². The van der Waals surface area contributed by atoms with E-state index in [1.165, 1.54) is 6.07 Å². The highest BCUT2D eigenvalue weighted by atomic mass is 32.2. The Hall–Kier alpha value is -2.57. The van der Waals surface area contributed by atoms with Gasteiger partial charge in [0.25, 0.3) is 0 Å². The van der Waals surface area contributed by atoms with Crippen molar-refractivity contribution in [2.45, 2.75) is 17.2 Å². The number of pyridine rings is 1. The smallest absolute Gasteiger partial charge is 0.339 e. The molecule has 0 aliphatic carbocycles. The van der Waals surface area contributed by atoms with Gasteiger partial charge in [-0.1, -0.05) is 42.1 Å². The van der Waals surface area contributed by atoms with E-state index in [9.17, 15) is 23.2 Å². The van der Waals surface area contributed by atoms with Crippen LogP contribution in [0.25, 0.3) is 0 Å². The maximum absolute atomic E-state index is 12.6. The van der Waals surface area contributed by atoms with Crippen LogP contribution in [0.15, 0.2) is 53.7 Å². The summed E-state index contributed by atoms with van der Waals surface area (Å²) >= 11 is 1.11. The van der Waals surface area contributed by atoms with E-state index in [-0.39, 0.29) is 17.7 Å². The number of hydrogen-bond acceptors (Lipinski definition) is 5. The summed E-state index contributed by atoms with van der Waals surface area (Å²) in [5.41, 5.74) is 0.119. The van der Waals surface area contributed by atoms with Gasteiger partial charge in [0.2, 0.25) is 5.91 Å². The minimum absolute atomic E-state index is 0.0930. The van der Waals surface area contributed by atoms with Crippen molar-refractivity contribution >= 4 is 17.7 Å². The van der Waals surface area contributed by atoms with Crippen molar-refractivity contribution in [1.29, 1.82) is 5.26 Å². The van der Waals surface area contributed by atoms with Crippen LogP contribution in [0.4, 0.5) is 13.2 Å². The number of carbonyl (C=O) groups is 1. The summed E-state index contributed by atoms with van der Waals surface area (Å²) in [6.45, 7) is 2.18. The van der Waals surface area contributed by atoms with E-state index in [4.69, 9.17) is 0 Å². The number of alkyl halides is 3. The zero-order valence-electron chi connectivity index (χ0n) is 15.5. The van der Waals surface area contributed by atoms with Crippen LogP contribution in [-0.2, 0) is 11.0 Å². The number of aromatic nitrogens is 1. The molecule has 0 radical (unpaired) electrons. The first-order valence-corrected chi connectivity index (χ1v) is 9.99. The fourth-order valence-electron chi connectivity index (χ4n) is 3.09. The van der Waals surface area contributed by atoms with Gasteiger partial charge in [-0.05, 0) is 17.7 Å². The monoisotopic (exact) mass is 420 g/mol. The van der Waals surface area contributed by atoms with Gasteiger partial charge in [0.05, 0.1) is 22.4 Å². The Morgan fingerprint density at radius 1 is 1.14 bits per heavy atom. The third-order valence-corrected chi connectivity index (χ3v) is 5.61. The SMILES string of the molecule is N#CC(c1ccccc1)N1CCN(C(=O)CSc2ccc(C(F)(F)F)cn2)CC1. The van der Waals surface area contributed by atoms with Crippen LogP contribution in [0.5, 0.6) is 0 Å². The molecule has 1 atom stereocenters. The second kappa shape index (κ2) is 9.29. The Morgan fingerprint density at radius 2 is 1.83 bits per heavy atom. The van der Waals surface area contributed by atoms with Crippen LogP contribution in [0.1, 0.15) is 17.2 Å². The molecule has 0 spiro atoms. The Balaban J connectivity index is 1.49. The van der Waals surface area contributed by atoms with Gasteiger partial charge in [-0.15, -0.1) is 0 Å². The molecule has 2 heterocycles. The van der Waals surface area contributed by atoms with Crippen molar-refractivity contribution in [3.8, 4) is 6.07 Å². The van der Waals surface area contributed by atoms with Crippen molar-refractivity contribution in [3.63, 3.8) is 0 Å². The van der Waals surface area contributed by atoms with Crippen molar-refractivity contribution in [1.82, 2.24) is 14.8 Å². The third-order valence-electron chi connectivity index (χ3n) is 4.68. The third kappa shape index (κ3) is 5.49. The highest BCUT2D eigenvalue weighted by molar-refractivity contribution is 7.99. The number of hydrogen-bond donors (Lipinski definition) is 0. The minimum atomic E-state index is -4.42. The molecular weight excluding hydrogens is 401 g/mol. The van der Waals surface area contributed by atoms with E-state index in [2.05, 4.69) is 11.1 Å². The summed E-state index contributed by atoms with van der Waals surface area (Å²) in [5.74, 6) is 0.0169. The molecule has 2 aromatic rings. The first-order valence-electron chi connectivity index (χ1n) is 9.01. The summed E-state index contributed by atoms with van der Waals surface area (Å²) in [7, 11) is 0. The summed E-state index contributed by atoms with van der Waals surface area (Å²) in [6.07, 6.45) is -3.65. The highest BCUT2D eigenvalue weighted by Crippen LogP contribution is 2.29. The molecule has 1 unspecified atom stereocenters. The Labute approximate surface area is 171 Å². The van der Waals surface area contributed by atoms with E-state index in [1.807, 2.05) is 35.2 Å². The van der Waals surface area contributed by atoms with Crippen LogP contribution in [0.3, 0.4) is 0 Å². The maximum Gasteiger partial charge on any atom is 0.417 e. The zero-order chi connectivity index (χ0) is 20.9. The quantitative estimate of drug-likeness (QED) is 0.692. The maximum atomic E-state index is 12.6. The molecule has 3 rings (SSSR count). The molecule has 1 aliphatic heterocycles. The lowest BCUT2D eigenvalue weighted by Crippen LogP contribution is -2.50. The predicted molar refractivity (Wildman–Crippen MR) is 103 cm³/mol. The topological polar surface area (TPSA) is 60.2 Å². The molecule has 0 bridgehead atoms. The number of nitriles is 1. The predicted octanol–water partition coefficient (Wildman–Crippen LogP) is 3.60. The molecule has 9 heteroatoms. The molecule has 29 heavy (non-hydrogen) atoms. The van der Waals surface area contributed by atoms with E-state index in [1.54, 1.807) is 4.90 Å². The molecule has 1 aliphatic rings. The van der Waals surface area contributed by atoms with Crippen molar-refractivity contribution in [3.05, 3.63) is 59.8 Å². The van der Waals surface area contributed by atoms with Gasteiger partial charge < -0.3 is 4.90 Å². The number of nitrogens with zero attached hydrogens (tertiary/aromatic N) is 4. The summed E-state index contributed by atoms with van der Waals surface area (Å²) in [4.78, 5) is 20.0. The van der Waals surface area contributed by atoms with Gasteiger partial charge in [0.15, 0.2) is 0 Å². The minimum Gasteiger partial charge on any atom is -0.339 e. The van der Waals surface area contributed by atoms with Crippen molar-refractivity contribution < 1.29 is 18.0 Å². The number of benzene rings is 1. The Morgan fingerprint density at radius 3 is 2.38 bits per heavy atom. The molecule has 0 N–H and O–H groups in total. The molecule has 152 valence electrons. The number of thioether (sulfide) groups is 1. The highest BCUT2D eigenvalue weighted by Gasteiger charge is 2.31.